The quantitative estimate of drug-likeness (QED) is 0.342. The van der Waals surface area contributed by atoms with Crippen LogP contribution in [-0.2, 0) is 24.5 Å². The first-order valence-electron chi connectivity index (χ1n) is 8.91. The van der Waals surface area contributed by atoms with E-state index in [1.807, 2.05) is 18.2 Å². The Morgan fingerprint density at radius 1 is 0.923 bits per heavy atom. The van der Waals surface area contributed by atoms with E-state index >= 15 is 0 Å². The molecule has 4 nitrogen and oxygen atoms in total. The minimum Gasteiger partial charge on any atom is -0.372 e. The fraction of sp³-hybridized carbons (Fsp3) is 0.381. The van der Waals surface area contributed by atoms with Crippen LogP contribution in [0.2, 0.25) is 0 Å². The van der Waals surface area contributed by atoms with E-state index in [1.54, 1.807) is 0 Å². The van der Waals surface area contributed by atoms with E-state index in [9.17, 15) is 0 Å². The first-order valence-corrected chi connectivity index (χ1v) is 8.91. The van der Waals surface area contributed by atoms with Crippen LogP contribution in [0.3, 0.4) is 0 Å². The molecule has 0 heterocycles. The molecule has 0 bridgehead atoms. The number of nitrogens with zero attached hydrogens (tertiary/aromatic N) is 1. The van der Waals surface area contributed by atoms with Crippen molar-refractivity contribution in [3.8, 4) is 0 Å². The van der Waals surface area contributed by atoms with E-state index in [0.29, 0.717) is 25.8 Å². The number of rotatable bonds is 8. The number of ether oxygens (including phenoxy) is 1. The smallest absolute Gasteiger partial charge is 0.191 e. The lowest BCUT2D eigenvalue weighted by atomic mass is 10.1. The molecule has 0 aliphatic heterocycles. The number of benzene rings is 2. The van der Waals surface area contributed by atoms with Gasteiger partial charge in [-0.3, -0.25) is 0 Å². The third kappa shape index (κ3) is 8.67. The Morgan fingerprint density at radius 3 is 2.08 bits per heavy atom. The van der Waals surface area contributed by atoms with E-state index in [1.165, 1.54) is 16.7 Å². The van der Waals surface area contributed by atoms with E-state index in [2.05, 4.69) is 72.8 Å². The van der Waals surface area contributed by atoms with Crippen molar-refractivity contribution in [2.45, 2.75) is 46.6 Å². The minimum absolute atomic E-state index is 0. The highest BCUT2D eigenvalue weighted by atomic mass is 127. The molecule has 2 aromatic rings. The lowest BCUT2D eigenvalue weighted by molar-refractivity contribution is 0.107. The average Bonchev–Trinajstić information content (AvgIpc) is 2.61. The summed E-state index contributed by atoms with van der Waals surface area (Å²) < 4.78 is 5.77. The molecule has 0 aliphatic rings. The molecule has 0 unspecified atom stereocenters. The first kappa shape index (κ1) is 22.4. The Balaban J connectivity index is 0.00000338. The molecule has 0 saturated carbocycles. The van der Waals surface area contributed by atoms with E-state index in [-0.39, 0.29) is 24.0 Å². The molecule has 0 fully saturated rings. The fourth-order valence-electron chi connectivity index (χ4n) is 2.37. The van der Waals surface area contributed by atoms with Crippen LogP contribution >= 0.6 is 24.0 Å². The van der Waals surface area contributed by atoms with Gasteiger partial charge in [-0.2, -0.15) is 0 Å². The highest BCUT2D eigenvalue weighted by Gasteiger charge is 2.00. The normalized spacial score (nSPS) is 11.2. The molecule has 26 heavy (non-hydrogen) atoms. The Labute approximate surface area is 174 Å². The first-order chi connectivity index (χ1) is 12.2. The highest BCUT2D eigenvalue weighted by Crippen LogP contribution is 2.09. The zero-order valence-corrected chi connectivity index (χ0v) is 18.2. The van der Waals surface area contributed by atoms with Crippen molar-refractivity contribution in [1.29, 1.82) is 0 Å². The monoisotopic (exact) mass is 467 g/mol. The lowest BCUT2D eigenvalue weighted by Crippen LogP contribution is -2.40. The van der Waals surface area contributed by atoms with Crippen LogP contribution in [0.5, 0.6) is 0 Å². The Hall–Kier alpha value is -1.60. The van der Waals surface area contributed by atoms with Gasteiger partial charge in [0.25, 0.3) is 0 Å². The maximum atomic E-state index is 5.77. The Kier molecular flexibility index (Phi) is 11.0. The number of guanidine groups is 1. The molecule has 0 radical (unpaired) electrons. The second-order valence-electron chi connectivity index (χ2n) is 6.29. The van der Waals surface area contributed by atoms with Gasteiger partial charge in [0, 0.05) is 12.6 Å². The summed E-state index contributed by atoms with van der Waals surface area (Å²) in [6, 6.07) is 19.0. The van der Waals surface area contributed by atoms with Crippen LogP contribution in [0.25, 0.3) is 0 Å². The summed E-state index contributed by atoms with van der Waals surface area (Å²) in [4.78, 5) is 4.62. The predicted molar refractivity (Wildman–Crippen MR) is 120 cm³/mol. The standard InChI is InChI=1S/C21H29N3O.HI/c1-4-22-21(24-17(2)3)23-14-18-10-12-20(13-11-18)16-25-15-19-8-6-5-7-9-19;/h5-13,17H,4,14-16H2,1-3H3,(H2,22,23,24);1H. The highest BCUT2D eigenvalue weighted by molar-refractivity contribution is 14.0. The molecule has 0 aromatic heterocycles. The van der Waals surface area contributed by atoms with Crippen LogP contribution in [0.1, 0.15) is 37.5 Å². The molecule has 0 atom stereocenters. The van der Waals surface area contributed by atoms with Gasteiger partial charge in [-0.25, -0.2) is 4.99 Å². The maximum absolute atomic E-state index is 5.77. The molecule has 2 aromatic carbocycles. The number of aliphatic imine (C=N–C) groups is 1. The second kappa shape index (κ2) is 12.7. The van der Waals surface area contributed by atoms with Crippen molar-refractivity contribution in [2.75, 3.05) is 6.54 Å². The summed E-state index contributed by atoms with van der Waals surface area (Å²) in [7, 11) is 0. The molecule has 142 valence electrons. The summed E-state index contributed by atoms with van der Waals surface area (Å²) in [6.45, 7) is 9.06. The molecule has 5 heteroatoms. The van der Waals surface area contributed by atoms with Crippen molar-refractivity contribution in [1.82, 2.24) is 10.6 Å². The van der Waals surface area contributed by atoms with Gasteiger partial charge in [-0.05, 0) is 37.5 Å². The zero-order valence-electron chi connectivity index (χ0n) is 15.9. The van der Waals surface area contributed by atoms with Crippen molar-refractivity contribution < 1.29 is 4.74 Å². The molecule has 0 aliphatic carbocycles. The van der Waals surface area contributed by atoms with Crippen molar-refractivity contribution in [3.63, 3.8) is 0 Å². The third-order valence-corrected chi connectivity index (χ3v) is 3.59. The van der Waals surface area contributed by atoms with Crippen LogP contribution < -0.4 is 10.6 Å². The summed E-state index contributed by atoms with van der Waals surface area (Å²) in [5.41, 5.74) is 3.56. The van der Waals surface area contributed by atoms with Crippen LogP contribution in [0.4, 0.5) is 0 Å². The van der Waals surface area contributed by atoms with Crippen molar-refractivity contribution in [2.24, 2.45) is 4.99 Å². The minimum atomic E-state index is 0. The van der Waals surface area contributed by atoms with Crippen LogP contribution in [0, 0.1) is 0 Å². The summed E-state index contributed by atoms with van der Waals surface area (Å²) in [5.74, 6) is 0.854. The number of hydrogen-bond acceptors (Lipinski definition) is 2. The van der Waals surface area contributed by atoms with Gasteiger partial charge in [-0.1, -0.05) is 54.6 Å². The molecule has 2 rings (SSSR count). The second-order valence-corrected chi connectivity index (χ2v) is 6.29. The van der Waals surface area contributed by atoms with Gasteiger partial charge in [0.05, 0.1) is 19.8 Å². The third-order valence-electron chi connectivity index (χ3n) is 3.59. The van der Waals surface area contributed by atoms with Gasteiger partial charge in [0.1, 0.15) is 0 Å². The molecule has 2 N–H and O–H groups in total. The summed E-state index contributed by atoms with van der Waals surface area (Å²) >= 11 is 0. The van der Waals surface area contributed by atoms with Gasteiger partial charge in [-0.15, -0.1) is 24.0 Å². The van der Waals surface area contributed by atoms with E-state index in [0.717, 1.165) is 12.5 Å². The Morgan fingerprint density at radius 2 is 1.50 bits per heavy atom. The molecule has 0 amide bonds. The van der Waals surface area contributed by atoms with Gasteiger partial charge in [0.2, 0.25) is 0 Å². The summed E-state index contributed by atoms with van der Waals surface area (Å²) in [5, 5.41) is 6.58. The maximum Gasteiger partial charge on any atom is 0.191 e. The number of nitrogens with one attached hydrogen (secondary N) is 2. The zero-order chi connectivity index (χ0) is 17.9. The SMILES string of the molecule is CCNC(=NCc1ccc(COCc2ccccc2)cc1)NC(C)C.I. The largest absolute Gasteiger partial charge is 0.372 e. The Bertz CT molecular complexity index is 642. The molecular formula is C21H30IN3O. The van der Waals surface area contributed by atoms with Crippen molar-refractivity contribution in [3.05, 3.63) is 71.3 Å². The van der Waals surface area contributed by atoms with Gasteiger partial charge >= 0.3 is 0 Å². The van der Waals surface area contributed by atoms with Gasteiger partial charge < -0.3 is 15.4 Å². The predicted octanol–water partition coefficient (Wildman–Crippen LogP) is 4.48. The topological polar surface area (TPSA) is 45.7 Å². The molecular weight excluding hydrogens is 437 g/mol. The molecule has 0 saturated heterocycles. The average molecular weight is 467 g/mol. The van der Waals surface area contributed by atoms with Gasteiger partial charge in [0.15, 0.2) is 5.96 Å². The number of halogens is 1. The number of hydrogen-bond donors (Lipinski definition) is 2. The fourth-order valence-corrected chi connectivity index (χ4v) is 2.37. The van der Waals surface area contributed by atoms with Crippen LogP contribution in [0.15, 0.2) is 59.6 Å². The summed E-state index contributed by atoms with van der Waals surface area (Å²) in [6.07, 6.45) is 0. The van der Waals surface area contributed by atoms with E-state index in [4.69, 9.17) is 4.74 Å². The van der Waals surface area contributed by atoms with Crippen LogP contribution in [-0.4, -0.2) is 18.5 Å². The lowest BCUT2D eigenvalue weighted by Gasteiger charge is -2.14. The van der Waals surface area contributed by atoms with E-state index < -0.39 is 0 Å². The van der Waals surface area contributed by atoms with Crippen molar-refractivity contribution >= 4 is 29.9 Å². The molecule has 0 spiro atoms.